The predicted molar refractivity (Wildman–Crippen MR) is 93.2 cm³/mol. The van der Waals surface area contributed by atoms with Crippen molar-refractivity contribution in [2.75, 3.05) is 13.2 Å². The average Bonchev–Trinajstić information content (AvgIpc) is 3.03. The van der Waals surface area contributed by atoms with Gasteiger partial charge in [0.05, 0.1) is 23.6 Å². The molecule has 0 spiro atoms. The number of aromatic nitrogens is 3. The van der Waals surface area contributed by atoms with Crippen molar-refractivity contribution in [3.8, 4) is 0 Å². The molecule has 0 fully saturated rings. The lowest BCUT2D eigenvalue weighted by atomic mass is 10.1. The minimum Gasteiger partial charge on any atom is -0.462 e. The first-order valence-electron chi connectivity index (χ1n) is 8.30. The number of Topliss-reactive ketones (excluding diaryl/α,β-unsaturated/α-hetero) is 1. The SMILES string of the molecule is CCOC(=O)c1c(C)[nH]c(C(=O)COC(=O)Cn2nc(C)cc2C)c1C. The highest BCUT2D eigenvalue weighted by Gasteiger charge is 2.23. The number of aromatic amines is 1. The molecule has 2 heterocycles. The fourth-order valence-corrected chi connectivity index (χ4v) is 2.76. The summed E-state index contributed by atoms with van der Waals surface area (Å²) in [4.78, 5) is 39.2. The van der Waals surface area contributed by atoms with Crippen molar-refractivity contribution >= 4 is 17.7 Å². The van der Waals surface area contributed by atoms with Gasteiger partial charge in [-0.1, -0.05) is 0 Å². The molecule has 0 unspecified atom stereocenters. The van der Waals surface area contributed by atoms with Gasteiger partial charge in [-0.2, -0.15) is 5.10 Å². The molecule has 0 aromatic carbocycles. The van der Waals surface area contributed by atoms with Crippen LogP contribution in [-0.2, 0) is 20.8 Å². The topological polar surface area (TPSA) is 103 Å². The van der Waals surface area contributed by atoms with Gasteiger partial charge >= 0.3 is 11.9 Å². The zero-order chi connectivity index (χ0) is 19.4. The Kier molecular flexibility index (Phi) is 5.97. The molecule has 0 atom stereocenters. The largest absolute Gasteiger partial charge is 0.462 e. The van der Waals surface area contributed by atoms with Crippen LogP contribution in [0.2, 0.25) is 0 Å². The molecule has 0 amide bonds. The Hall–Kier alpha value is -2.90. The zero-order valence-corrected chi connectivity index (χ0v) is 15.6. The zero-order valence-electron chi connectivity index (χ0n) is 15.6. The van der Waals surface area contributed by atoms with E-state index < -0.39 is 24.3 Å². The Morgan fingerprint density at radius 2 is 1.85 bits per heavy atom. The second-order valence-corrected chi connectivity index (χ2v) is 6.01. The highest BCUT2D eigenvalue weighted by Crippen LogP contribution is 2.19. The average molecular weight is 361 g/mol. The van der Waals surface area contributed by atoms with Crippen LogP contribution in [0.25, 0.3) is 0 Å². The van der Waals surface area contributed by atoms with E-state index in [0.29, 0.717) is 16.8 Å². The van der Waals surface area contributed by atoms with Gasteiger partial charge in [0.25, 0.3) is 0 Å². The van der Waals surface area contributed by atoms with Gasteiger partial charge in [0.1, 0.15) is 6.54 Å². The predicted octanol–water partition coefficient (Wildman–Crippen LogP) is 2.05. The van der Waals surface area contributed by atoms with Crippen molar-refractivity contribution in [1.82, 2.24) is 14.8 Å². The van der Waals surface area contributed by atoms with Gasteiger partial charge < -0.3 is 14.5 Å². The number of carbonyl (C=O) groups excluding carboxylic acids is 3. The van der Waals surface area contributed by atoms with Gasteiger partial charge in [-0.05, 0) is 46.2 Å². The first kappa shape index (κ1) is 19.4. The van der Waals surface area contributed by atoms with Gasteiger partial charge in [-0.15, -0.1) is 0 Å². The summed E-state index contributed by atoms with van der Waals surface area (Å²) in [5.41, 5.74) is 3.24. The molecular weight excluding hydrogens is 338 g/mol. The molecule has 0 saturated carbocycles. The lowest BCUT2D eigenvalue weighted by Crippen LogP contribution is -2.20. The maximum atomic E-state index is 12.4. The normalized spacial score (nSPS) is 10.7. The Morgan fingerprint density at radius 1 is 1.15 bits per heavy atom. The van der Waals surface area contributed by atoms with Crippen LogP contribution in [0.4, 0.5) is 0 Å². The molecule has 0 aliphatic heterocycles. The van der Waals surface area contributed by atoms with E-state index in [0.717, 1.165) is 11.4 Å². The second kappa shape index (κ2) is 7.99. The van der Waals surface area contributed by atoms with E-state index in [9.17, 15) is 14.4 Å². The molecule has 140 valence electrons. The summed E-state index contributed by atoms with van der Waals surface area (Å²) in [6.07, 6.45) is 0. The number of carbonyl (C=O) groups is 3. The second-order valence-electron chi connectivity index (χ2n) is 6.01. The van der Waals surface area contributed by atoms with Crippen LogP contribution in [0.5, 0.6) is 0 Å². The quantitative estimate of drug-likeness (QED) is 0.598. The number of ketones is 1. The number of H-pyrrole nitrogens is 1. The molecule has 0 radical (unpaired) electrons. The van der Waals surface area contributed by atoms with Crippen molar-refractivity contribution in [2.45, 2.75) is 41.2 Å². The molecule has 8 nitrogen and oxygen atoms in total. The Morgan fingerprint density at radius 3 is 2.42 bits per heavy atom. The summed E-state index contributed by atoms with van der Waals surface area (Å²) in [6, 6.07) is 1.85. The van der Waals surface area contributed by atoms with Crippen LogP contribution in [-0.4, -0.2) is 45.7 Å². The molecule has 1 N–H and O–H groups in total. The van der Waals surface area contributed by atoms with Gasteiger partial charge in [-0.3, -0.25) is 14.3 Å². The highest BCUT2D eigenvalue weighted by molar-refractivity contribution is 6.02. The van der Waals surface area contributed by atoms with Gasteiger partial charge in [0.15, 0.2) is 6.61 Å². The van der Waals surface area contributed by atoms with E-state index in [4.69, 9.17) is 9.47 Å². The van der Waals surface area contributed by atoms with Crippen molar-refractivity contribution in [2.24, 2.45) is 0 Å². The van der Waals surface area contributed by atoms with Crippen molar-refractivity contribution in [3.63, 3.8) is 0 Å². The lowest BCUT2D eigenvalue weighted by Gasteiger charge is -2.06. The molecule has 0 aliphatic rings. The van der Waals surface area contributed by atoms with E-state index in [1.54, 1.807) is 20.8 Å². The fraction of sp³-hybridized carbons (Fsp3) is 0.444. The molecular formula is C18H23N3O5. The highest BCUT2D eigenvalue weighted by atomic mass is 16.5. The third-order valence-electron chi connectivity index (χ3n) is 3.94. The Bertz CT molecular complexity index is 847. The van der Waals surface area contributed by atoms with E-state index in [1.807, 2.05) is 19.9 Å². The summed E-state index contributed by atoms with van der Waals surface area (Å²) in [6.45, 7) is 8.48. The molecule has 0 saturated heterocycles. The Balaban J connectivity index is 2.02. The van der Waals surface area contributed by atoms with Crippen LogP contribution in [0, 0.1) is 27.7 Å². The number of nitrogens with one attached hydrogen (secondary N) is 1. The van der Waals surface area contributed by atoms with E-state index in [2.05, 4.69) is 10.1 Å². The number of nitrogens with zero attached hydrogens (tertiary/aromatic N) is 2. The number of aryl methyl sites for hydroxylation is 3. The molecule has 2 aromatic rings. The van der Waals surface area contributed by atoms with Gasteiger partial charge in [0.2, 0.25) is 5.78 Å². The monoisotopic (exact) mass is 361 g/mol. The van der Waals surface area contributed by atoms with Gasteiger partial charge in [0, 0.05) is 11.4 Å². The van der Waals surface area contributed by atoms with E-state index in [-0.39, 0.29) is 18.8 Å². The summed E-state index contributed by atoms with van der Waals surface area (Å²) in [7, 11) is 0. The molecule has 0 aliphatic carbocycles. The van der Waals surface area contributed by atoms with Gasteiger partial charge in [-0.25, -0.2) is 4.79 Å². The third kappa shape index (κ3) is 4.19. The minimum atomic E-state index is -0.559. The van der Waals surface area contributed by atoms with Crippen LogP contribution in [0.3, 0.4) is 0 Å². The maximum Gasteiger partial charge on any atom is 0.340 e. The number of rotatable bonds is 7. The molecule has 26 heavy (non-hydrogen) atoms. The smallest absolute Gasteiger partial charge is 0.340 e. The molecule has 0 bridgehead atoms. The van der Waals surface area contributed by atoms with E-state index in [1.165, 1.54) is 4.68 Å². The standard InChI is InChI=1S/C18H23N3O5/c1-6-25-18(24)16-12(4)17(19-13(16)5)14(22)9-26-15(23)8-21-11(3)7-10(2)20-21/h7,19H,6,8-9H2,1-5H3. The number of esters is 2. The summed E-state index contributed by atoms with van der Waals surface area (Å²) < 4.78 is 11.6. The summed E-state index contributed by atoms with van der Waals surface area (Å²) in [5, 5.41) is 4.17. The first-order valence-corrected chi connectivity index (χ1v) is 8.30. The van der Waals surface area contributed by atoms with Crippen molar-refractivity contribution in [3.05, 3.63) is 40.0 Å². The van der Waals surface area contributed by atoms with Crippen LogP contribution in [0.15, 0.2) is 6.07 Å². The fourth-order valence-electron chi connectivity index (χ4n) is 2.76. The van der Waals surface area contributed by atoms with Crippen LogP contribution in [0.1, 0.15) is 50.4 Å². The van der Waals surface area contributed by atoms with Crippen LogP contribution < -0.4 is 0 Å². The number of ether oxygens (including phenoxy) is 2. The lowest BCUT2D eigenvalue weighted by molar-refractivity contribution is -0.143. The summed E-state index contributed by atoms with van der Waals surface area (Å²) in [5.74, 6) is -1.46. The van der Waals surface area contributed by atoms with Crippen molar-refractivity contribution < 1.29 is 23.9 Å². The summed E-state index contributed by atoms with van der Waals surface area (Å²) >= 11 is 0. The third-order valence-corrected chi connectivity index (χ3v) is 3.94. The van der Waals surface area contributed by atoms with E-state index >= 15 is 0 Å². The molecule has 8 heteroatoms. The maximum absolute atomic E-state index is 12.4. The molecule has 2 aromatic heterocycles. The minimum absolute atomic E-state index is 0.0657. The Labute approximate surface area is 151 Å². The molecule has 2 rings (SSSR count). The first-order chi connectivity index (χ1) is 12.2. The van der Waals surface area contributed by atoms with Crippen LogP contribution >= 0.6 is 0 Å². The number of hydrogen-bond donors (Lipinski definition) is 1. The number of hydrogen-bond acceptors (Lipinski definition) is 6. The van der Waals surface area contributed by atoms with Crippen molar-refractivity contribution in [1.29, 1.82) is 0 Å².